The Morgan fingerprint density at radius 3 is 2.40 bits per heavy atom. The van der Waals surface area contributed by atoms with E-state index in [1.165, 1.54) is 20.8 Å². The van der Waals surface area contributed by atoms with E-state index in [0.29, 0.717) is 0 Å². The van der Waals surface area contributed by atoms with E-state index in [-0.39, 0.29) is 6.61 Å². The number of hydrogen-bond donors (Lipinski definition) is 0. The monoisotopic (exact) mass is 311 g/mol. The lowest BCUT2D eigenvalue weighted by Crippen LogP contribution is -2.28. The van der Waals surface area contributed by atoms with Gasteiger partial charge in [-0.15, -0.1) is 0 Å². The molecule has 0 aliphatic heterocycles. The van der Waals surface area contributed by atoms with Crippen molar-refractivity contribution >= 4 is 15.8 Å². The normalized spacial score (nSPS) is 12.8. The molecule has 6 nitrogen and oxygen atoms in total. The number of carbonyl (C=O) groups excluding carboxylic acids is 1. The molecule has 1 heterocycles. The Kier molecular flexibility index (Phi) is 4.52. The van der Waals surface area contributed by atoms with E-state index in [1.54, 1.807) is 0 Å². The molecule has 0 spiro atoms. The molecule has 0 radical (unpaired) electrons. The summed E-state index contributed by atoms with van der Waals surface area (Å²) in [4.78, 5) is 15.0. The highest BCUT2D eigenvalue weighted by Crippen LogP contribution is 2.33. The van der Waals surface area contributed by atoms with Gasteiger partial charge in [-0.05, 0) is 20.8 Å². The minimum Gasteiger partial charge on any atom is -0.460 e. The SMILES string of the molecule is CCOC(=O)c1oc(C(C)(C)S(C)(=O)=O)nc1C(F)F. The molecular formula is C11H15F2NO5S. The Bertz CT molecular complexity index is 606. The molecule has 0 unspecified atom stereocenters. The first-order valence-corrected chi connectivity index (χ1v) is 7.57. The molecule has 0 saturated carbocycles. The highest BCUT2D eigenvalue weighted by molar-refractivity contribution is 7.91. The number of rotatable bonds is 5. The van der Waals surface area contributed by atoms with Gasteiger partial charge in [-0.1, -0.05) is 0 Å². The predicted octanol–water partition coefficient (Wildman–Crippen LogP) is 2.07. The average molecular weight is 311 g/mol. The summed E-state index contributed by atoms with van der Waals surface area (Å²) in [6, 6.07) is 0. The summed E-state index contributed by atoms with van der Waals surface area (Å²) in [7, 11) is -3.68. The van der Waals surface area contributed by atoms with Gasteiger partial charge in [0.1, 0.15) is 4.75 Å². The van der Waals surface area contributed by atoms with Gasteiger partial charge in [-0.2, -0.15) is 0 Å². The molecule has 1 aromatic heterocycles. The fourth-order valence-electron chi connectivity index (χ4n) is 1.24. The molecule has 114 valence electrons. The van der Waals surface area contributed by atoms with Gasteiger partial charge in [0.15, 0.2) is 15.5 Å². The molecule has 0 amide bonds. The summed E-state index contributed by atoms with van der Waals surface area (Å²) in [5, 5.41) is 0. The van der Waals surface area contributed by atoms with Crippen LogP contribution in [0.25, 0.3) is 0 Å². The summed E-state index contributed by atoms with van der Waals surface area (Å²) in [6.45, 7) is 3.96. The van der Waals surface area contributed by atoms with Crippen molar-refractivity contribution in [2.75, 3.05) is 12.9 Å². The van der Waals surface area contributed by atoms with Gasteiger partial charge in [0.2, 0.25) is 11.7 Å². The number of aromatic nitrogens is 1. The number of esters is 1. The highest BCUT2D eigenvalue weighted by atomic mass is 32.2. The minimum atomic E-state index is -3.68. The molecule has 0 fully saturated rings. The topological polar surface area (TPSA) is 86.5 Å². The summed E-state index contributed by atoms with van der Waals surface area (Å²) >= 11 is 0. The van der Waals surface area contributed by atoms with Gasteiger partial charge >= 0.3 is 5.97 Å². The van der Waals surface area contributed by atoms with Crippen LogP contribution in [0.5, 0.6) is 0 Å². The van der Waals surface area contributed by atoms with Crippen molar-refractivity contribution in [2.45, 2.75) is 31.9 Å². The molecule has 9 heteroatoms. The van der Waals surface area contributed by atoms with Crippen LogP contribution in [0.1, 0.15) is 49.3 Å². The van der Waals surface area contributed by atoms with Crippen LogP contribution in [-0.4, -0.2) is 32.2 Å². The van der Waals surface area contributed by atoms with E-state index in [9.17, 15) is 22.0 Å². The fraction of sp³-hybridized carbons (Fsp3) is 0.636. The van der Waals surface area contributed by atoms with Crippen molar-refractivity contribution in [1.82, 2.24) is 4.98 Å². The number of ether oxygens (including phenoxy) is 1. The summed E-state index contributed by atoms with van der Waals surface area (Å²) in [5.41, 5.74) is -0.921. The second-order valence-corrected chi connectivity index (χ2v) is 7.10. The zero-order chi connectivity index (χ0) is 15.7. The van der Waals surface area contributed by atoms with Crippen molar-refractivity contribution in [1.29, 1.82) is 0 Å². The maximum atomic E-state index is 12.8. The lowest BCUT2D eigenvalue weighted by molar-refractivity contribution is 0.0473. The van der Waals surface area contributed by atoms with Crippen LogP contribution in [0.15, 0.2) is 4.42 Å². The van der Waals surface area contributed by atoms with E-state index in [1.807, 2.05) is 0 Å². The summed E-state index contributed by atoms with van der Waals surface area (Å²) < 4.78 is 56.8. The molecule has 1 aromatic rings. The number of alkyl halides is 2. The second kappa shape index (κ2) is 5.47. The maximum Gasteiger partial charge on any atom is 0.376 e. The van der Waals surface area contributed by atoms with Gasteiger partial charge in [-0.3, -0.25) is 0 Å². The van der Waals surface area contributed by atoms with Gasteiger partial charge in [0, 0.05) is 6.26 Å². The number of sulfone groups is 1. The third kappa shape index (κ3) is 2.97. The quantitative estimate of drug-likeness (QED) is 0.774. The lowest BCUT2D eigenvalue weighted by Gasteiger charge is -2.17. The molecule has 0 aromatic carbocycles. The smallest absolute Gasteiger partial charge is 0.376 e. The van der Waals surface area contributed by atoms with Crippen molar-refractivity contribution in [2.24, 2.45) is 0 Å². The fourth-order valence-corrected chi connectivity index (χ4v) is 1.64. The number of halogens is 2. The Morgan fingerprint density at radius 1 is 1.45 bits per heavy atom. The predicted molar refractivity (Wildman–Crippen MR) is 65.3 cm³/mol. The van der Waals surface area contributed by atoms with Crippen LogP contribution in [-0.2, 0) is 19.3 Å². The van der Waals surface area contributed by atoms with E-state index >= 15 is 0 Å². The van der Waals surface area contributed by atoms with E-state index in [4.69, 9.17) is 4.42 Å². The van der Waals surface area contributed by atoms with Crippen molar-refractivity contribution < 1.29 is 31.1 Å². The van der Waals surface area contributed by atoms with Gasteiger partial charge in [-0.25, -0.2) is 27.0 Å². The van der Waals surface area contributed by atoms with E-state index < -0.39 is 44.3 Å². The second-order valence-electron chi connectivity index (χ2n) is 4.54. The summed E-state index contributed by atoms with van der Waals surface area (Å²) in [6.07, 6.45) is -2.16. The largest absolute Gasteiger partial charge is 0.460 e. The molecule has 0 saturated heterocycles. The van der Waals surface area contributed by atoms with Crippen LogP contribution in [0.3, 0.4) is 0 Å². The molecule has 1 rings (SSSR count). The Hall–Kier alpha value is -1.51. The number of hydrogen-bond acceptors (Lipinski definition) is 6. The molecule has 0 bridgehead atoms. The standard InChI is InChI=1S/C11H15F2NO5S/c1-5-18-9(15)7-6(8(12)13)14-10(19-7)11(2,3)20(4,16)17/h8H,5H2,1-4H3. The van der Waals surface area contributed by atoms with Gasteiger partial charge in [0.25, 0.3) is 6.43 Å². The van der Waals surface area contributed by atoms with Gasteiger partial charge < -0.3 is 9.15 Å². The first-order chi connectivity index (χ1) is 9.02. The third-order valence-corrected chi connectivity index (χ3v) is 4.79. The third-order valence-electron chi connectivity index (χ3n) is 2.76. The van der Waals surface area contributed by atoms with Crippen molar-refractivity contribution in [3.8, 4) is 0 Å². The van der Waals surface area contributed by atoms with Crippen molar-refractivity contribution in [3.63, 3.8) is 0 Å². The Morgan fingerprint density at radius 2 is 2.00 bits per heavy atom. The molecule has 0 atom stereocenters. The molecule has 20 heavy (non-hydrogen) atoms. The zero-order valence-corrected chi connectivity index (χ0v) is 12.3. The number of nitrogens with zero attached hydrogens (tertiary/aromatic N) is 1. The van der Waals surface area contributed by atoms with E-state index in [2.05, 4.69) is 9.72 Å². The molecule has 0 aliphatic carbocycles. The molecule has 0 N–H and O–H groups in total. The first kappa shape index (κ1) is 16.5. The zero-order valence-electron chi connectivity index (χ0n) is 11.4. The van der Waals surface area contributed by atoms with E-state index in [0.717, 1.165) is 6.26 Å². The maximum absolute atomic E-state index is 12.8. The Balaban J connectivity index is 3.40. The highest BCUT2D eigenvalue weighted by Gasteiger charge is 2.40. The number of oxazole rings is 1. The molecule has 0 aliphatic rings. The Labute approximate surface area is 115 Å². The van der Waals surface area contributed by atoms with Crippen molar-refractivity contribution in [3.05, 3.63) is 17.3 Å². The number of carbonyl (C=O) groups is 1. The van der Waals surface area contributed by atoms with Crippen LogP contribution in [0, 0.1) is 0 Å². The van der Waals surface area contributed by atoms with Crippen LogP contribution in [0.2, 0.25) is 0 Å². The first-order valence-electron chi connectivity index (χ1n) is 5.68. The van der Waals surface area contributed by atoms with Crippen LogP contribution >= 0.6 is 0 Å². The lowest BCUT2D eigenvalue weighted by atomic mass is 10.2. The molecular weight excluding hydrogens is 296 g/mol. The van der Waals surface area contributed by atoms with Crippen LogP contribution in [0.4, 0.5) is 8.78 Å². The minimum absolute atomic E-state index is 0.0347. The summed E-state index contributed by atoms with van der Waals surface area (Å²) in [5.74, 6) is -2.35. The van der Waals surface area contributed by atoms with Gasteiger partial charge in [0.05, 0.1) is 6.61 Å². The average Bonchev–Trinajstić information content (AvgIpc) is 2.72. The van der Waals surface area contributed by atoms with Crippen LogP contribution < -0.4 is 0 Å².